The fourth-order valence-electron chi connectivity index (χ4n) is 2.22. The molecule has 1 N–H and O–H groups in total. The van der Waals surface area contributed by atoms with E-state index < -0.39 is 0 Å². The van der Waals surface area contributed by atoms with Crippen molar-refractivity contribution < 1.29 is 14.6 Å². The largest absolute Gasteiger partial charge is 0.373 e. The van der Waals surface area contributed by atoms with E-state index in [2.05, 4.69) is 10.2 Å². The van der Waals surface area contributed by atoms with Crippen molar-refractivity contribution >= 4 is 11.6 Å². The number of halogens is 1. The number of rotatable bonds is 6. The molecule has 18 heavy (non-hydrogen) atoms. The second kappa shape index (κ2) is 8.58. The number of allylic oxidation sites excluding steroid dienone is 1. The number of alkyl halides is 1. The first kappa shape index (κ1) is 15.6. The molecule has 0 aliphatic heterocycles. The first-order valence-corrected chi connectivity index (χ1v) is 6.55. The Kier molecular flexibility index (Phi) is 7.42. The molecule has 3 atom stereocenters. The fourth-order valence-corrected chi connectivity index (χ4v) is 2.52. The third-order valence-electron chi connectivity index (χ3n) is 3.05. The Balaban J connectivity index is 2.71. The highest BCUT2D eigenvalue weighted by molar-refractivity contribution is 6.20. The lowest BCUT2D eigenvalue weighted by Gasteiger charge is -2.33. The second-order valence-corrected chi connectivity index (χ2v) is 4.84. The van der Waals surface area contributed by atoms with Crippen molar-refractivity contribution in [3.63, 3.8) is 0 Å². The third-order valence-corrected chi connectivity index (χ3v) is 3.45. The first-order chi connectivity index (χ1) is 8.72. The topological polar surface area (TPSA) is 63.4 Å². The highest BCUT2D eigenvalue weighted by atomic mass is 35.5. The van der Waals surface area contributed by atoms with Gasteiger partial charge in [-0.3, -0.25) is 0 Å². The smallest absolute Gasteiger partial charge is 0.155 e. The molecule has 1 aliphatic rings. The van der Waals surface area contributed by atoms with Gasteiger partial charge in [-0.2, -0.15) is 10.2 Å². The minimum absolute atomic E-state index is 0.00922. The standard InChI is InChI=1S/C12H21ClN2O3/c1-3-11(15-14-7-16)10-5-4-9(13)6-12(10)18-8-17-2/h3,9-10,12,16H,4-8H2,1-2H3/b11-3-,15-14?/t9?,10-,12?/m0/s1. The minimum atomic E-state index is -0.300. The number of nitrogens with zero attached hydrogens (tertiary/aromatic N) is 2. The van der Waals surface area contributed by atoms with Crippen LogP contribution in [0.3, 0.4) is 0 Å². The molecular weight excluding hydrogens is 256 g/mol. The summed E-state index contributed by atoms with van der Waals surface area (Å²) in [5, 5.41) is 16.5. The van der Waals surface area contributed by atoms with Gasteiger partial charge in [-0.15, -0.1) is 11.6 Å². The van der Waals surface area contributed by atoms with Crippen LogP contribution in [-0.2, 0) is 9.47 Å². The molecule has 0 amide bonds. The van der Waals surface area contributed by atoms with E-state index in [1.807, 2.05) is 13.0 Å². The summed E-state index contributed by atoms with van der Waals surface area (Å²) in [5.41, 5.74) is 0.841. The van der Waals surface area contributed by atoms with Crippen LogP contribution < -0.4 is 0 Å². The molecular formula is C12H21ClN2O3. The maximum atomic E-state index is 8.70. The van der Waals surface area contributed by atoms with Crippen LogP contribution in [0.15, 0.2) is 22.0 Å². The number of methoxy groups -OCH3 is 1. The van der Waals surface area contributed by atoms with Crippen molar-refractivity contribution in [2.24, 2.45) is 16.1 Å². The molecule has 1 fully saturated rings. The number of ether oxygens (including phenoxy) is 2. The average Bonchev–Trinajstić information content (AvgIpc) is 2.38. The predicted molar refractivity (Wildman–Crippen MR) is 69.4 cm³/mol. The van der Waals surface area contributed by atoms with Gasteiger partial charge < -0.3 is 14.6 Å². The summed E-state index contributed by atoms with van der Waals surface area (Å²) in [6.07, 6.45) is 4.52. The molecule has 2 unspecified atom stereocenters. The van der Waals surface area contributed by atoms with Crippen molar-refractivity contribution in [2.75, 3.05) is 20.6 Å². The van der Waals surface area contributed by atoms with Crippen LogP contribution in [0.2, 0.25) is 0 Å². The molecule has 0 aromatic carbocycles. The molecule has 104 valence electrons. The summed E-state index contributed by atoms with van der Waals surface area (Å²) in [7, 11) is 1.60. The van der Waals surface area contributed by atoms with Crippen molar-refractivity contribution in [1.29, 1.82) is 0 Å². The second-order valence-electron chi connectivity index (χ2n) is 4.22. The molecule has 0 aromatic heterocycles. The molecule has 1 rings (SSSR count). The van der Waals surface area contributed by atoms with Gasteiger partial charge in [0.15, 0.2) is 6.73 Å². The van der Waals surface area contributed by atoms with Gasteiger partial charge in [-0.05, 0) is 26.2 Å². The van der Waals surface area contributed by atoms with Crippen molar-refractivity contribution in [3.05, 3.63) is 11.8 Å². The molecule has 0 saturated heterocycles. The van der Waals surface area contributed by atoms with E-state index in [9.17, 15) is 0 Å². The number of azo groups is 1. The molecule has 0 bridgehead atoms. The van der Waals surface area contributed by atoms with Crippen LogP contribution >= 0.6 is 11.6 Å². The van der Waals surface area contributed by atoms with Gasteiger partial charge in [0.2, 0.25) is 0 Å². The van der Waals surface area contributed by atoms with E-state index in [1.54, 1.807) is 7.11 Å². The summed E-state index contributed by atoms with van der Waals surface area (Å²) >= 11 is 6.17. The number of aliphatic hydroxyl groups excluding tert-OH is 1. The van der Waals surface area contributed by atoms with Crippen LogP contribution in [0.4, 0.5) is 0 Å². The summed E-state index contributed by atoms with van der Waals surface area (Å²) in [6, 6.07) is 0. The molecule has 1 saturated carbocycles. The van der Waals surface area contributed by atoms with E-state index >= 15 is 0 Å². The van der Waals surface area contributed by atoms with Crippen LogP contribution in [0.25, 0.3) is 0 Å². The number of hydrogen-bond donors (Lipinski definition) is 1. The van der Waals surface area contributed by atoms with E-state index in [0.29, 0.717) is 0 Å². The van der Waals surface area contributed by atoms with Gasteiger partial charge >= 0.3 is 0 Å². The summed E-state index contributed by atoms with van der Waals surface area (Å²) in [6.45, 7) is 1.86. The maximum Gasteiger partial charge on any atom is 0.155 e. The van der Waals surface area contributed by atoms with Crippen molar-refractivity contribution in [2.45, 2.75) is 37.7 Å². The zero-order valence-electron chi connectivity index (χ0n) is 10.9. The van der Waals surface area contributed by atoms with E-state index in [1.165, 1.54) is 0 Å². The quantitative estimate of drug-likeness (QED) is 0.461. The first-order valence-electron chi connectivity index (χ1n) is 6.12. The van der Waals surface area contributed by atoms with Crippen molar-refractivity contribution in [3.8, 4) is 0 Å². The van der Waals surface area contributed by atoms with Gasteiger partial charge in [0.1, 0.15) is 6.79 Å². The van der Waals surface area contributed by atoms with Crippen LogP contribution in [0, 0.1) is 5.92 Å². The Labute approximate surface area is 113 Å². The Bertz CT molecular complexity index is 297. The predicted octanol–water partition coefficient (Wildman–Crippen LogP) is 2.69. The van der Waals surface area contributed by atoms with Crippen LogP contribution in [0.5, 0.6) is 0 Å². The molecule has 0 aromatic rings. The monoisotopic (exact) mass is 276 g/mol. The normalized spacial score (nSPS) is 30.0. The lowest BCUT2D eigenvalue weighted by atomic mass is 9.84. The molecule has 1 aliphatic carbocycles. The van der Waals surface area contributed by atoms with E-state index in [-0.39, 0.29) is 30.9 Å². The highest BCUT2D eigenvalue weighted by Crippen LogP contribution is 2.35. The van der Waals surface area contributed by atoms with Gasteiger partial charge in [0.25, 0.3) is 0 Å². The van der Waals surface area contributed by atoms with E-state index in [0.717, 1.165) is 25.0 Å². The zero-order valence-corrected chi connectivity index (χ0v) is 11.6. The molecule has 6 heteroatoms. The minimum Gasteiger partial charge on any atom is -0.373 e. The third kappa shape index (κ3) is 4.65. The average molecular weight is 277 g/mol. The Morgan fingerprint density at radius 2 is 2.28 bits per heavy atom. The van der Waals surface area contributed by atoms with Gasteiger partial charge in [0.05, 0.1) is 11.8 Å². The lowest BCUT2D eigenvalue weighted by molar-refractivity contribution is -0.0958. The van der Waals surface area contributed by atoms with Crippen molar-refractivity contribution in [1.82, 2.24) is 0 Å². The molecule has 5 nitrogen and oxygen atoms in total. The number of hydrogen-bond acceptors (Lipinski definition) is 5. The lowest BCUT2D eigenvalue weighted by Crippen LogP contribution is -2.33. The number of aliphatic hydroxyl groups is 1. The fraction of sp³-hybridized carbons (Fsp3) is 0.833. The Morgan fingerprint density at radius 1 is 1.50 bits per heavy atom. The zero-order chi connectivity index (χ0) is 13.4. The highest BCUT2D eigenvalue weighted by Gasteiger charge is 2.32. The van der Waals surface area contributed by atoms with Crippen LogP contribution in [0.1, 0.15) is 26.2 Å². The summed E-state index contributed by atoms with van der Waals surface area (Å²) < 4.78 is 10.6. The van der Waals surface area contributed by atoms with Gasteiger partial charge in [-0.1, -0.05) is 6.08 Å². The SMILES string of the molecule is C/C=C(\N=NCO)[C@@H]1CCC(Cl)CC1OCOC. The molecule has 0 radical (unpaired) electrons. The molecule has 0 spiro atoms. The van der Waals surface area contributed by atoms with Gasteiger partial charge in [-0.25, -0.2) is 0 Å². The Morgan fingerprint density at radius 3 is 2.89 bits per heavy atom. The van der Waals surface area contributed by atoms with Gasteiger partial charge in [0, 0.05) is 18.4 Å². The van der Waals surface area contributed by atoms with E-state index in [4.69, 9.17) is 26.2 Å². The molecule has 0 heterocycles. The Hall–Kier alpha value is -0.490. The maximum absolute atomic E-state index is 8.70. The summed E-state index contributed by atoms with van der Waals surface area (Å²) in [5.74, 6) is 0.162. The summed E-state index contributed by atoms with van der Waals surface area (Å²) in [4.78, 5) is 0. The van der Waals surface area contributed by atoms with Crippen LogP contribution in [-0.4, -0.2) is 37.2 Å².